The van der Waals surface area contributed by atoms with Crippen molar-refractivity contribution < 1.29 is 10.0 Å². The molecule has 88 valence electrons. The molecule has 0 bridgehead atoms. The Bertz CT molecular complexity index is 389. The van der Waals surface area contributed by atoms with Gasteiger partial charge in [0.2, 0.25) is 0 Å². The van der Waals surface area contributed by atoms with Gasteiger partial charge in [-0.25, -0.2) is 0 Å². The zero-order valence-corrected chi connectivity index (χ0v) is 11.1. The summed E-state index contributed by atoms with van der Waals surface area (Å²) >= 11 is 7.43. The van der Waals surface area contributed by atoms with E-state index in [0.29, 0.717) is 5.69 Å². The van der Waals surface area contributed by atoms with Gasteiger partial charge in [0.15, 0.2) is 0 Å². The predicted molar refractivity (Wildman–Crippen MR) is 71.0 cm³/mol. The first-order chi connectivity index (χ1) is 7.56. The van der Waals surface area contributed by atoms with Crippen LogP contribution in [-0.4, -0.2) is 28.6 Å². The van der Waals surface area contributed by atoms with Crippen molar-refractivity contribution in [3.05, 3.63) is 31.9 Å². The molecule has 7 heteroatoms. The summed E-state index contributed by atoms with van der Waals surface area (Å²) in [4.78, 5) is 10.3. The van der Waals surface area contributed by atoms with Crippen molar-refractivity contribution in [2.75, 3.05) is 17.7 Å². The largest absolute Gasteiger partial charge is 0.390 e. The highest BCUT2D eigenvalue weighted by molar-refractivity contribution is 14.1. The first-order valence-electron chi connectivity index (χ1n) is 4.47. The number of para-hydroxylation sites is 1. The molecule has 0 aliphatic carbocycles. The molecule has 16 heavy (non-hydrogen) atoms. The summed E-state index contributed by atoms with van der Waals surface area (Å²) in [5, 5.41) is 22.9. The highest BCUT2D eigenvalue weighted by atomic mass is 127. The van der Waals surface area contributed by atoms with Crippen molar-refractivity contribution in [3.63, 3.8) is 0 Å². The van der Waals surface area contributed by atoms with Crippen LogP contribution in [0.2, 0.25) is 0 Å². The molecule has 0 amide bonds. The quantitative estimate of drug-likeness (QED) is 0.367. The minimum atomic E-state index is -0.725. The lowest BCUT2D eigenvalue weighted by atomic mass is 10.2. The van der Waals surface area contributed by atoms with Crippen molar-refractivity contribution in [1.29, 1.82) is 0 Å². The smallest absolute Gasteiger partial charge is 0.293 e. The molecule has 1 aromatic carbocycles. The zero-order chi connectivity index (χ0) is 12.1. The summed E-state index contributed by atoms with van der Waals surface area (Å²) in [5.74, 6) is 0.0875. The van der Waals surface area contributed by atoms with Gasteiger partial charge in [-0.2, -0.15) is 0 Å². The Labute approximate surface area is 111 Å². The number of nitro benzene ring substituents is 1. The van der Waals surface area contributed by atoms with E-state index in [-0.39, 0.29) is 18.1 Å². The second kappa shape index (κ2) is 6.21. The maximum Gasteiger partial charge on any atom is 0.293 e. The molecule has 1 atom stereocenters. The Kier molecular flexibility index (Phi) is 5.23. The SMILES string of the molecule is O=[N+]([O-])c1cccc(I)c1NCC(O)CCl. The molecule has 0 aromatic heterocycles. The number of aliphatic hydroxyl groups excluding tert-OH is 1. The first-order valence-corrected chi connectivity index (χ1v) is 6.08. The number of nitrogens with one attached hydrogen (secondary N) is 1. The van der Waals surface area contributed by atoms with Crippen LogP contribution in [-0.2, 0) is 0 Å². The fraction of sp³-hybridized carbons (Fsp3) is 0.333. The average molecular weight is 357 g/mol. The van der Waals surface area contributed by atoms with Crippen LogP contribution in [0.5, 0.6) is 0 Å². The summed E-state index contributed by atoms with van der Waals surface area (Å²) in [6.07, 6.45) is -0.725. The highest BCUT2D eigenvalue weighted by Gasteiger charge is 2.16. The van der Waals surface area contributed by atoms with Crippen LogP contribution in [0.1, 0.15) is 0 Å². The predicted octanol–water partition coefficient (Wildman–Crippen LogP) is 2.21. The Morgan fingerprint density at radius 3 is 2.88 bits per heavy atom. The van der Waals surface area contributed by atoms with Gasteiger partial charge in [0, 0.05) is 16.2 Å². The van der Waals surface area contributed by atoms with E-state index in [0.717, 1.165) is 3.57 Å². The second-order valence-electron chi connectivity index (χ2n) is 3.08. The number of anilines is 1. The number of benzene rings is 1. The van der Waals surface area contributed by atoms with Crippen LogP contribution >= 0.6 is 34.2 Å². The van der Waals surface area contributed by atoms with Crippen molar-refractivity contribution in [2.24, 2.45) is 0 Å². The van der Waals surface area contributed by atoms with Gasteiger partial charge < -0.3 is 10.4 Å². The minimum absolute atomic E-state index is 0.00586. The van der Waals surface area contributed by atoms with Crippen LogP contribution in [0.15, 0.2) is 18.2 Å². The van der Waals surface area contributed by atoms with Crippen LogP contribution in [0.4, 0.5) is 11.4 Å². The summed E-state index contributed by atoms with van der Waals surface area (Å²) in [5.41, 5.74) is 0.408. The van der Waals surface area contributed by atoms with Crippen LogP contribution in [0.25, 0.3) is 0 Å². The van der Waals surface area contributed by atoms with E-state index in [4.69, 9.17) is 11.6 Å². The third kappa shape index (κ3) is 3.46. The van der Waals surface area contributed by atoms with Gasteiger partial charge in [0.25, 0.3) is 5.69 Å². The summed E-state index contributed by atoms with van der Waals surface area (Å²) in [7, 11) is 0. The molecule has 0 aliphatic rings. The molecule has 0 saturated heterocycles. The number of nitro groups is 1. The third-order valence-electron chi connectivity index (χ3n) is 1.88. The monoisotopic (exact) mass is 356 g/mol. The highest BCUT2D eigenvalue weighted by Crippen LogP contribution is 2.29. The van der Waals surface area contributed by atoms with Crippen molar-refractivity contribution in [3.8, 4) is 0 Å². The molecule has 0 spiro atoms. The van der Waals surface area contributed by atoms with Gasteiger partial charge in [-0.1, -0.05) is 6.07 Å². The van der Waals surface area contributed by atoms with E-state index in [1.54, 1.807) is 12.1 Å². The standard InChI is InChI=1S/C9H10ClIN2O3/c10-4-6(14)5-12-9-7(11)2-1-3-8(9)13(15)16/h1-3,6,12,14H,4-5H2. The Morgan fingerprint density at radius 1 is 1.62 bits per heavy atom. The van der Waals surface area contributed by atoms with Crippen molar-refractivity contribution in [2.45, 2.75) is 6.10 Å². The fourth-order valence-corrected chi connectivity index (χ4v) is 1.90. The molecule has 5 nitrogen and oxygen atoms in total. The topological polar surface area (TPSA) is 75.4 Å². The third-order valence-corrected chi connectivity index (χ3v) is 3.14. The van der Waals surface area contributed by atoms with Gasteiger partial charge >= 0.3 is 0 Å². The van der Waals surface area contributed by atoms with Crippen LogP contribution < -0.4 is 5.32 Å². The van der Waals surface area contributed by atoms with E-state index < -0.39 is 11.0 Å². The number of rotatable bonds is 5. The maximum atomic E-state index is 10.8. The number of hydrogen-bond donors (Lipinski definition) is 2. The molecule has 1 aromatic rings. The molecule has 1 unspecified atom stereocenters. The number of nitrogens with zero attached hydrogens (tertiary/aromatic N) is 1. The molecule has 0 aliphatic heterocycles. The Balaban J connectivity index is 2.88. The fourth-order valence-electron chi connectivity index (χ4n) is 1.11. The molecule has 0 heterocycles. The van der Waals surface area contributed by atoms with E-state index in [1.165, 1.54) is 6.07 Å². The Hall–Kier alpha value is -0.600. The maximum absolute atomic E-state index is 10.8. The van der Waals surface area contributed by atoms with Crippen LogP contribution in [0.3, 0.4) is 0 Å². The lowest BCUT2D eigenvalue weighted by Gasteiger charge is -2.11. The van der Waals surface area contributed by atoms with Gasteiger partial charge in [-0.15, -0.1) is 11.6 Å². The summed E-state index contributed by atoms with van der Waals surface area (Å²) < 4.78 is 0.730. The van der Waals surface area contributed by atoms with Crippen LogP contribution in [0, 0.1) is 13.7 Å². The molecular formula is C9H10ClIN2O3. The molecule has 0 fully saturated rings. The van der Waals surface area contributed by atoms with Gasteiger partial charge in [-0.3, -0.25) is 10.1 Å². The zero-order valence-electron chi connectivity index (χ0n) is 8.19. The van der Waals surface area contributed by atoms with Gasteiger partial charge in [0.05, 0.1) is 16.9 Å². The van der Waals surface area contributed by atoms with E-state index in [2.05, 4.69) is 5.32 Å². The Morgan fingerprint density at radius 2 is 2.31 bits per heavy atom. The number of hydrogen-bond acceptors (Lipinski definition) is 4. The average Bonchev–Trinajstić information content (AvgIpc) is 2.26. The lowest BCUT2D eigenvalue weighted by molar-refractivity contribution is -0.384. The number of aliphatic hydroxyl groups is 1. The van der Waals surface area contributed by atoms with Gasteiger partial charge in [0.1, 0.15) is 5.69 Å². The normalized spacial score (nSPS) is 12.2. The van der Waals surface area contributed by atoms with E-state index >= 15 is 0 Å². The molecule has 0 saturated carbocycles. The number of alkyl halides is 1. The van der Waals surface area contributed by atoms with E-state index in [1.807, 2.05) is 22.6 Å². The minimum Gasteiger partial charge on any atom is -0.390 e. The van der Waals surface area contributed by atoms with Crippen molar-refractivity contribution in [1.82, 2.24) is 0 Å². The van der Waals surface area contributed by atoms with Crippen molar-refractivity contribution >= 4 is 45.6 Å². The molecule has 2 N–H and O–H groups in total. The second-order valence-corrected chi connectivity index (χ2v) is 4.55. The summed E-state index contributed by atoms with van der Waals surface area (Å²) in [6, 6.07) is 4.78. The molecular weight excluding hydrogens is 346 g/mol. The molecule has 0 radical (unpaired) electrons. The van der Waals surface area contributed by atoms with Gasteiger partial charge in [-0.05, 0) is 28.7 Å². The lowest BCUT2D eigenvalue weighted by Crippen LogP contribution is -2.21. The van der Waals surface area contributed by atoms with E-state index in [9.17, 15) is 15.2 Å². The first kappa shape index (κ1) is 13.5. The summed E-state index contributed by atoms with van der Waals surface area (Å²) in [6.45, 7) is 0.185. The number of halogens is 2. The molecule has 1 rings (SSSR count).